The van der Waals surface area contributed by atoms with E-state index in [1.807, 2.05) is 42.7 Å². The van der Waals surface area contributed by atoms with Gasteiger partial charge in [-0.3, -0.25) is 4.79 Å². The standard InChI is InChI=1S/C22H20F3N5O/c1-14-7-9-16(10-8-14)30-20(22(23,24)25)17(13-27-30)21(31)26-11-12-29-15(2)28-18-5-3-4-6-19(18)29/h3-10,13H,11-12H2,1-2H3,(H,26,31). The van der Waals surface area contributed by atoms with Crippen LogP contribution in [0.25, 0.3) is 16.7 Å². The molecule has 2 aromatic heterocycles. The first kappa shape index (κ1) is 20.6. The molecule has 1 amide bonds. The second-order valence-corrected chi connectivity index (χ2v) is 7.21. The largest absolute Gasteiger partial charge is 0.434 e. The number of halogens is 3. The number of rotatable bonds is 5. The second kappa shape index (κ2) is 7.90. The predicted molar refractivity (Wildman–Crippen MR) is 110 cm³/mol. The third kappa shape index (κ3) is 4.03. The number of imidazole rings is 1. The van der Waals surface area contributed by atoms with E-state index in [9.17, 15) is 18.0 Å². The molecule has 2 heterocycles. The predicted octanol–water partition coefficient (Wildman–Crippen LogP) is 4.29. The van der Waals surface area contributed by atoms with Crippen LogP contribution in [-0.4, -0.2) is 31.8 Å². The maximum atomic E-state index is 13.8. The zero-order valence-electron chi connectivity index (χ0n) is 16.9. The number of nitrogens with zero attached hydrogens (tertiary/aromatic N) is 4. The van der Waals surface area contributed by atoms with E-state index in [2.05, 4.69) is 15.4 Å². The Morgan fingerprint density at radius 1 is 1.06 bits per heavy atom. The van der Waals surface area contributed by atoms with Crippen LogP contribution in [0.15, 0.2) is 54.7 Å². The van der Waals surface area contributed by atoms with Crippen molar-refractivity contribution in [2.24, 2.45) is 0 Å². The summed E-state index contributed by atoms with van der Waals surface area (Å²) < 4.78 is 44.0. The summed E-state index contributed by atoms with van der Waals surface area (Å²) in [5.74, 6) is -0.0635. The summed E-state index contributed by atoms with van der Waals surface area (Å²) >= 11 is 0. The SMILES string of the molecule is Cc1ccc(-n2ncc(C(=O)NCCn3c(C)nc4ccccc43)c2C(F)(F)F)cc1. The Hall–Kier alpha value is -3.62. The smallest absolute Gasteiger partial charge is 0.350 e. The van der Waals surface area contributed by atoms with Crippen LogP contribution in [0, 0.1) is 13.8 Å². The highest BCUT2D eigenvalue weighted by molar-refractivity contribution is 5.95. The highest BCUT2D eigenvalue weighted by Crippen LogP contribution is 2.33. The van der Waals surface area contributed by atoms with Crippen LogP contribution in [0.4, 0.5) is 13.2 Å². The van der Waals surface area contributed by atoms with Crippen molar-refractivity contribution in [1.82, 2.24) is 24.6 Å². The molecule has 9 heteroatoms. The molecule has 0 fully saturated rings. The molecule has 0 aliphatic carbocycles. The van der Waals surface area contributed by atoms with Gasteiger partial charge in [0.1, 0.15) is 5.82 Å². The number of hydrogen-bond acceptors (Lipinski definition) is 3. The highest BCUT2D eigenvalue weighted by atomic mass is 19.4. The van der Waals surface area contributed by atoms with Crippen molar-refractivity contribution >= 4 is 16.9 Å². The first-order valence-electron chi connectivity index (χ1n) is 9.68. The van der Waals surface area contributed by atoms with Crippen molar-refractivity contribution in [1.29, 1.82) is 0 Å². The summed E-state index contributed by atoms with van der Waals surface area (Å²) in [5, 5.41) is 6.41. The van der Waals surface area contributed by atoms with E-state index in [1.54, 1.807) is 12.1 Å². The molecule has 0 atom stereocenters. The Kier molecular flexibility index (Phi) is 5.26. The van der Waals surface area contributed by atoms with Gasteiger partial charge < -0.3 is 9.88 Å². The van der Waals surface area contributed by atoms with Crippen LogP contribution >= 0.6 is 0 Å². The lowest BCUT2D eigenvalue weighted by Crippen LogP contribution is -2.29. The summed E-state index contributed by atoms with van der Waals surface area (Å²) in [6, 6.07) is 14.0. The molecule has 0 saturated heterocycles. The molecule has 0 saturated carbocycles. The molecule has 0 bridgehead atoms. The van der Waals surface area contributed by atoms with Gasteiger partial charge in [0.05, 0.1) is 28.5 Å². The van der Waals surface area contributed by atoms with Gasteiger partial charge in [-0.15, -0.1) is 0 Å². The Bertz CT molecular complexity index is 1240. The van der Waals surface area contributed by atoms with Gasteiger partial charge in [0.2, 0.25) is 0 Å². The number of hydrogen-bond donors (Lipinski definition) is 1. The fraction of sp³-hybridized carbons (Fsp3) is 0.227. The first-order valence-corrected chi connectivity index (χ1v) is 9.68. The number of fused-ring (bicyclic) bond motifs is 1. The number of carbonyl (C=O) groups is 1. The normalized spacial score (nSPS) is 11.8. The molecule has 0 aliphatic heterocycles. The average molecular weight is 427 g/mol. The first-order chi connectivity index (χ1) is 14.8. The van der Waals surface area contributed by atoms with E-state index in [0.29, 0.717) is 6.54 Å². The summed E-state index contributed by atoms with van der Waals surface area (Å²) in [5.41, 5.74) is 1.25. The minimum atomic E-state index is -4.74. The summed E-state index contributed by atoms with van der Waals surface area (Å²) in [6.45, 7) is 4.20. The van der Waals surface area contributed by atoms with Crippen LogP contribution in [0.1, 0.15) is 27.4 Å². The Labute approximate surface area is 176 Å². The van der Waals surface area contributed by atoms with Crippen LogP contribution in [0.3, 0.4) is 0 Å². The molecule has 0 spiro atoms. The number of para-hydroxylation sites is 2. The van der Waals surface area contributed by atoms with Gasteiger partial charge in [-0.25, -0.2) is 9.67 Å². The van der Waals surface area contributed by atoms with Gasteiger partial charge in [-0.2, -0.15) is 18.3 Å². The Balaban J connectivity index is 1.56. The third-order valence-electron chi connectivity index (χ3n) is 5.03. The molecule has 0 unspecified atom stereocenters. The van der Waals surface area contributed by atoms with Crippen molar-refractivity contribution in [2.45, 2.75) is 26.6 Å². The molecular weight excluding hydrogens is 407 g/mol. The van der Waals surface area contributed by atoms with Crippen molar-refractivity contribution in [2.75, 3.05) is 6.54 Å². The number of amides is 1. The molecule has 4 aromatic rings. The summed E-state index contributed by atoms with van der Waals surface area (Å²) in [7, 11) is 0. The molecular formula is C22H20F3N5O. The van der Waals surface area contributed by atoms with Gasteiger partial charge in [0.15, 0.2) is 5.69 Å². The van der Waals surface area contributed by atoms with Crippen molar-refractivity contribution in [3.8, 4) is 5.69 Å². The Morgan fingerprint density at radius 2 is 1.77 bits per heavy atom. The topological polar surface area (TPSA) is 64.7 Å². The van der Waals surface area contributed by atoms with Gasteiger partial charge >= 0.3 is 6.18 Å². The highest BCUT2D eigenvalue weighted by Gasteiger charge is 2.40. The molecule has 0 radical (unpaired) electrons. The van der Waals surface area contributed by atoms with Crippen LogP contribution in [0.2, 0.25) is 0 Å². The van der Waals surface area contributed by atoms with Gasteiger partial charge in [-0.1, -0.05) is 29.8 Å². The monoisotopic (exact) mass is 427 g/mol. The van der Waals surface area contributed by atoms with Gasteiger partial charge in [0, 0.05) is 13.1 Å². The van der Waals surface area contributed by atoms with Crippen molar-refractivity contribution in [3.63, 3.8) is 0 Å². The van der Waals surface area contributed by atoms with Gasteiger partial charge in [-0.05, 0) is 38.1 Å². The zero-order chi connectivity index (χ0) is 22.2. The minimum absolute atomic E-state index is 0.146. The van der Waals surface area contributed by atoms with E-state index in [0.717, 1.165) is 33.3 Å². The summed E-state index contributed by atoms with van der Waals surface area (Å²) in [4.78, 5) is 17.0. The van der Waals surface area contributed by atoms with E-state index in [4.69, 9.17) is 0 Å². The van der Waals surface area contributed by atoms with Crippen molar-refractivity contribution in [3.05, 3.63) is 77.4 Å². The number of aromatic nitrogens is 4. The molecule has 0 aliphatic rings. The fourth-order valence-corrected chi connectivity index (χ4v) is 3.52. The van der Waals surface area contributed by atoms with E-state index in [-0.39, 0.29) is 12.2 Å². The summed E-state index contributed by atoms with van der Waals surface area (Å²) in [6.07, 6.45) is -3.79. The molecule has 4 rings (SSSR count). The lowest BCUT2D eigenvalue weighted by molar-refractivity contribution is -0.143. The number of nitrogens with one attached hydrogen (secondary N) is 1. The number of carbonyl (C=O) groups excluding carboxylic acids is 1. The molecule has 6 nitrogen and oxygen atoms in total. The van der Waals surface area contributed by atoms with Crippen LogP contribution < -0.4 is 5.32 Å². The van der Waals surface area contributed by atoms with E-state index >= 15 is 0 Å². The minimum Gasteiger partial charge on any atom is -0.350 e. The van der Waals surface area contributed by atoms with Gasteiger partial charge in [0.25, 0.3) is 5.91 Å². The molecule has 1 N–H and O–H groups in total. The molecule has 160 valence electrons. The third-order valence-corrected chi connectivity index (χ3v) is 5.03. The molecule has 31 heavy (non-hydrogen) atoms. The second-order valence-electron chi connectivity index (χ2n) is 7.21. The number of alkyl halides is 3. The van der Waals surface area contributed by atoms with Crippen LogP contribution in [0.5, 0.6) is 0 Å². The Morgan fingerprint density at radius 3 is 2.48 bits per heavy atom. The number of aryl methyl sites for hydroxylation is 2. The van der Waals surface area contributed by atoms with Crippen LogP contribution in [-0.2, 0) is 12.7 Å². The van der Waals surface area contributed by atoms with E-state index < -0.39 is 23.3 Å². The maximum Gasteiger partial charge on any atom is 0.434 e. The lowest BCUT2D eigenvalue weighted by Gasteiger charge is -2.13. The zero-order valence-corrected chi connectivity index (χ0v) is 16.9. The quantitative estimate of drug-likeness (QED) is 0.517. The average Bonchev–Trinajstić information content (AvgIpc) is 3.30. The lowest BCUT2D eigenvalue weighted by atomic mass is 10.2. The van der Waals surface area contributed by atoms with Crippen molar-refractivity contribution < 1.29 is 18.0 Å². The maximum absolute atomic E-state index is 13.8. The van der Waals surface area contributed by atoms with E-state index in [1.165, 1.54) is 12.1 Å². The molecule has 2 aromatic carbocycles. The fourth-order valence-electron chi connectivity index (χ4n) is 3.52. The number of benzene rings is 2.